The van der Waals surface area contributed by atoms with Gasteiger partial charge in [0.25, 0.3) is 10.1 Å². The van der Waals surface area contributed by atoms with Gasteiger partial charge in [-0.1, -0.05) is 36.0 Å². The largest absolute Gasteiger partial charge is 0.378 e. The number of rotatable bonds is 2. The third-order valence-corrected chi connectivity index (χ3v) is 4.73. The van der Waals surface area contributed by atoms with E-state index in [1.54, 1.807) is 12.1 Å². The van der Waals surface area contributed by atoms with E-state index in [-0.39, 0.29) is 11.3 Å². The Balaban J connectivity index is 2.23. The Labute approximate surface area is 125 Å². The highest BCUT2D eigenvalue weighted by Crippen LogP contribution is 2.27. The SMILES string of the molecule is Cc1ccc(S(=O)(=O)O)c(CC#CC2(O)CCCCC2)c1. The van der Waals surface area contributed by atoms with Crippen LogP contribution in [0.25, 0.3) is 0 Å². The van der Waals surface area contributed by atoms with E-state index in [1.165, 1.54) is 6.07 Å². The molecular formula is C16H20O4S. The Morgan fingerprint density at radius 3 is 2.52 bits per heavy atom. The van der Waals surface area contributed by atoms with E-state index in [0.29, 0.717) is 18.4 Å². The molecule has 1 fully saturated rings. The molecule has 0 bridgehead atoms. The molecule has 2 N–H and O–H groups in total. The Hall–Kier alpha value is -1.35. The molecule has 1 aliphatic carbocycles. The number of hydrogen-bond acceptors (Lipinski definition) is 3. The van der Waals surface area contributed by atoms with Gasteiger partial charge in [0.05, 0.1) is 4.90 Å². The lowest BCUT2D eigenvalue weighted by Gasteiger charge is -2.26. The molecule has 5 heteroatoms. The first-order valence-corrected chi connectivity index (χ1v) is 8.54. The summed E-state index contributed by atoms with van der Waals surface area (Å²) in [7, 11) is -4.25. The standard InChI is InChI=1S/C16H20O4S/c1-13-7-8-15(21(18,19)20)14(12-13)6-5-11-16(17)9-3-2-4-10-16/h7-8,12,17H,2-4,6,9-10H2,1H3,(H,18,19,20). The van der Waals surface area contributed by atoms with Gasteiger partial charge >= 0.3 is 0 Å². The fourth-order valence-electron chi connectivity index (χ4n) is 2.66. The average Bonchev–Trinajstić information content (AvgIpc) is 2.38. The molecule has 1 saturated carbocycles. The van der Waals surface area contributed by atoms with Gasteiger partial charge in [-0.15, -0.1) is 0 Å². The van der Waals surface area contributed by atoms with E-state index in [9.17, 15) is 18.1 Å². The normalized spacial score (nSPS) is 17.9. The lowest BCUT2D eigenvalue weighted by atomic mass is 9.85. The van der Waals surface area contributed by atoms with Crippen molar-refractivity contribution in [3.05, 3.63) is 29.3 Å². The van der Waals surface area contributed by atoms with Crippen LogP contribution in [-0.2, 0) is 16.5 Å². The highest BCUT2D eigenvalue weighted by Gasteiger charge is 2.26. The number of benzene rings is 1. The summed E-state index contributed by atoms with van der Waals surface area (Å²) in [5.41, 5.74) is 0.417. The molecule has 0 aromatic heterocycles. The molecule has 4 nitrogen and oxygen atoms in total. The average molecular weight is 308 g/mol. The second kappa shape index (κ2) is 6.18. The second-order valence-corrected chi connectivity index (χ2v) is 7.05. The molecule has 0 spiro atoms. The van der Waals surface area contributed by atoms with Crippen molar-refractivity contribution in [3.63, 3.8) is 0 Å². The van der Waals surface area contributed by atoms with E-state index in [2.05, 4.69) is 11.8 Å². The fourth-order valence-corrected chi connectivity index (χ4v) is 3.37. The van der Waals surface area contributed by atoms with Crippen LogP contribution in [0.1, 0.15) is 43.2 Å². The van der Waals surface area contributed by atoms with Gasteiger partial charge in [0.2, 0.25) is 0 Å². The molecule has 21 heavy (non-hydrogen) atoms. The third-order valence-electron chi connectivity index (χ3n) is 3.77. The Morgan fingerprint density at radius 2 is 1.90 bits per heavy atom. The van der Waals surface area contributed by atoms with Crippen LogP contribution >= 0.6 is 0 Å². The fraction of sp³-hybridized carbons (Fsp3) is 0.500. The molecule has 1 aromatic rings. The van der Waals surface area contributed by atoms with E-state index in [1.807, 2.05) is 6.92 Å². The highest BCUT2D eigenvalue weighted by molar-refractivity contribution is 7.85. The van der Waals surface area contributed by atoms with E-state index >= 15 is 0 Å². The Kier molecular flexibility index (Phi) is 4.72. The van der Waals surface area contributed by atoms with Gasteiger partial charge in [-0.05, 0) is 44.2 Å². The zero-order valence-electron chi connectivity index (χ0n) is 12.1. The van der Waals surface area contributed by atoms with E-state index < -0.39 is 15.7 Å². The van der Waals surface area contributed by atoms with Crippen molar-refractivity contribution >= 4 is 10.1 Å². The summed E-state index contributed by atoms with van der Waals surface area (Å²) in [6, 6.07) is 4.72. The molecule has 0 amide bonds. The molecule has 0 aliphatic heterocycles. The van der Waals surface area contributed by atoms with Crippen LogP contribution in [0.2, 0.25) is 0 Å². The van der Waals surface area contributed by atoms with Crippen LogP contribution in [0.15, 0.2) is 23.1 Å². The number of aliphatic hydroxyl groups is 1. The smallest absolute Gasteiger partial charge is 0.294 e. The molecular weight excluding hydrogens is 288 g/mol. The molecule has 2 rings (SSSR count). The number of aryl methyl sites for hydroxylation is 1. The van der Waals surface area contributed by atoms with Gasteiger partial charge < -0.3 is 5.11 Å². The van der Waals surface area contributed by atoms with Crippen LogP contribution in [0.5, 0.6) is 0 Å². The molecule has 0 saturated heterocycles. The van der Waals surface area contributed by atoms with Crippen LogP contribution in [0.4, 0.5) is 0 Å². The van der Waals surface area contributed by atoms with Gasteiger partial charge in [0.15, 0.2) is 0 Å². The van der Waals surface area contributed by atoms with Crippen molar-refractivity contribution in [3.8, 4) is 11.8 Å². The van der Waals surface area contributed by atoms with Crippen molar-refractivity contribution in [2.75, 3.05) is 0 Å². The second-order valence-electron chi connectivity index (χ2n) is 5.66. The molecule has 0 unspecified atom stereocenters. The molecule has 0 heterocycles. The quantitative estimate of drug-likeness (QED) is 0.650. The highest BCUT2D eigenvalue weighted by atomic mass is 32.2. The first-order valence-electron chi connectivity index (χ1n) is 7.10. The summed E-state index contributed by atoms with van der Waals surface area (Å²) in [6.45, 7) is 1.85. The maximum absolute atomic E-state index is 11.4. The van der Waals surface area contributed by atoms with Gasteiger partial charge in [0.1, 0.15) is 5.60 Å². The summed E-state index contributed by atoms with van der Waals surface area (Å²) >= 11 is 0. The maximum Gasteiger partial charge on any atom is 0.294 e. The molecule has 114 valence electrons. The first-order chi connectivity index (χ1) is 9.80. The summed E-state index contributed by atoms with van der Waals surface area (Å²) in [6.07, 6.45) is 4.57. The van der Waals surface area contributed by atoms with Crippen molar-refractivity contribution in [1.29, 1.82) is 0 Å². The van der Waals surface area contributed by atoms with Gasteiger partial charge in [-0.3, -0.25) is 4.55 Å². The van der Waals surface area contributed by atoms with Gasteiger partial charge in [-0.25, -0.2) is 0 Å². The lowest BCUT2D eigenvalue weighted by Crippen LogP contribution is -2.29. The maximum atomic E-state index is 11.4. The van der Waals surface area contributed by atoms with Gasteiger partial charge in [-0.2, -0.15) is 8.42 Å². The van der Waals surface area contributed by atoms with Gasteiger partial charge in [0, 0.05) is 6.42 Å². The van der Waals surface area contributed by atoms with Crippen molar-refractivity contribution in [1.82, 2.24) is 0 Å². The minimum Gasteiger partial charge on any atom is -0.378 e. The summed E-state index contributed by atoms with van der Waals surface area (Å²) in [5, 5.41) is 10.3. The van der Waals surface area contributed by atoms with Crippen LogP contribution in [0.3, 0.4) is 0 Å². The van der Waals surface area contributed by atoms with E-state index in [4.69, 9.17) is 0 Å². The zero-order chi connectivity index (χ0) is 15.5. The lowest BCUT2D eigenvalue weighted by molar-refractivity contribution is 0.0609. The number of hydrogen-bond donors (Lipinski definition) is 2. The van der Waals surface area contributed by atoms with Crippen LogP contribution in [-0.4, -0.2) is 23.7 Å². The van der Waals surface area contributed by atoms with Crippen molar-refractivity contribution in [2.45, 2.75) is 55.9 Å². The minimum atomic E-state index is -4.25. The third kappa shape index (κ3) is 4.31. The van der Waals surface area contributed by atoms with Crippen molar-refractivity contribution in [2.24, 2.45) is 0 Å². The van der Waals surface area contributed by atoms with Crippen molar-refractivity contribution < 1.29 is 18.1 Å². The molecule has 1 aliphatic rings. The molecule has 1 aromatic carbocycles. The Bertz CT molecular complexity index is 674. The predicted octanol–water partition coefficient (Wildman–Crippen LogP) is 2.48. The Morgan fingerprint density at radius 1 is 1.24 bits per heavy atom. The predicted molar refractivity (Wildman–Crippen MR) is 80.5 cm³/mol. The summed E-state index contributed by atoms with van der Waals surface area (Å²) in [4.78, 5) is -0.113. The first kappa shape index (κ1) is 16.0. The zero-order valence-corrected chi connectivity index (χ0v) is 12.9. The topological polar surface area (TPSA) is 74.6 Å². The molecule has 0 atom stereocenters. The minimum absolute atomic E-state index is 0.113. The molecule has 0 radical (unpaired) electrons. The van der Waals surface area contributed by atoms with Crippen LogP contribution < -0.4 is 0 Å². The monoisotopic (exact) mass is 308 g/mol. The van der Waals surface area contributed by atoms with E-state index in [0.717, 1.165) is 24.8 Å². The summed E-state index contributed by atoms with van der Waals surface area (Å²) < 4.78 is 31.9. The summed E-state index contributed by atoms with van der Waals surface area (Å²) in [5.74, 6) is 5.75. The van der Waals surface area contributed by atoms with Crippen LogP contribution in [0, 0.1) is 18.8 Å².